The first kappa shape index (κ1) is 37.2. The summed E-state index contributed by atoms with van der Waals surface area (Å²) in [4.78, 5) is 62.5. The number of nitrogens with zero attached hydrogens (tertiary/aromatic N) is 4. The SMILES string of the molecule is Nc1c(O)c(N=Nc2c(NC(=O)Nc3cccc(C(=O)O)c3N=Nc3c(O)c(N)c4ccccc4c3C(=O)O)cccc2C(=O)O)c(C(=O)O)c2ccccc12. The van der Waals surface area contributed by atoms with Crippen LogP contribution < -0.4 is 22.1 Å². The third kappa shape index (κ3) is 6.72. The van der Waals surface area contributed by atoms with Crippen LogP contribution in [0.25, 0.3) is 21.5 Å². The number of nitrogen functional groups attached to an aromatic ring is 2. The predicted molar refractivity (Wildman–Crippen MR) is 202 cm³/mol. The number of anilines is 4. The van der Waals surface area contributed by atoms with Crippen LogP contribution in [0.15, 0.2) is 105 Å². The number of azo groups is 2. The van der Waals surface area contributed by atoms with Crippen LogP contribution in [0, 0.1) is 0 Å². The van der Waals surface area contributed by atoms with Crippen molar-refractivity contribution in [1.82, 2.24) is 0 Å². The molecule has 0 fully saturated rings. The van der Waals surface area contributed by atoms with E-state index in [1.165, 1.54) is 60.7 Å². The lowest BCUT2D eigenvalue weighted by molar-refractivity contribution is 0.0687. The minimum absolute atomic E-state index is 0.100. The number of amides is 2. The summed E-state index contributed by atoms with van der Waals surface area (Å²) in [7, 11) is 0. The van der Waals surface area contributed by atoms with E-state index in [1.807, 2.05) is 0 Å². The molecular weight excluding hydrogens is 732 g/mol. The van der Waals surface area contributed by atoms with Crippen molar-refractivity contribution in [2.45, 2.75) is 0 Å². The highest BCUT2D eigenvalue weighted by Gasteiger charge is 2.25. The van der Waals surface area contributed by atoms with E-state index < -0.39 is 86.4 Å². The average molecular weight is 759 g/mol. The van der Waals surface area contributed by atoms with E-state index in [1.54, 1.807) is 12.1 Å². The van der Waals surface area contributed by atoms with Gasteiger partial charge in [-0.25, -0.2) is 24.0 Å². The average Bonchev–Trinajstić information content (AvgIpc) is 3.16. The largest absolute Gasteiger partial charge is 0.504 e. The van der Waals surface area contributed by atoms with Crippen LogP contribution in [0.5, 0.6) is 11.5 Å². The molecule has 0 saturated carbocycles. The van der Waals surface area contributed by atoms with Crippen molar-refractivity contribution in [2.24, 2.45) is 20.5 Å². The van der Waals surface area contributed by atoms with Crippen molar-refractivity contribution >= 4 is 97.0 Å². The summed E-state index contributed by atoms with van der Waals surface area (Å²) in [5.74, 6) is -7.58. The zero-order chi connectivity index (χ0) is 40.4. The van der Waals surface area contributed by atoms with Crippen molar-refractivity contribution in [2.75, 3.05) is 22.1 Å². The van der Waals surface area contributed by atoms with Gasteiger partial charge in [-0.1, -0.05) is 60.7 Å². The summed E-state index contributed by atoms with van der Waals surface area (Å²) in [6, 6.07) is 18.1. The molecule has 19 heteroatoms. The lowest BCUT2D eigenvalue weighted by Crippen LogP contribution is -2.20. The lowest BCUT2D eigenvalue weighted by atomic mass is 10.00. The minimum atomic E-state index is -1.53. The molecule has 0 bridgehead atoms. The number of carboxylic acids is 4. The van der Waals surface area contributed by atoms with Crippen LogP contribution in [-0.2, 0) is 0 Å². The number of phenols is 2. The maximum atomic E-state index is 13.4. The Morgan fingerprint density at radius 2 is 0.786 bits per heavy atom. The highest BCUT2D eigenvalue weighted by atomic mass is 16.4. The van der Waals surface area contributed by atoms with E-state index in [4.69, 9.17) is 11.5 Å². The molecule has 19 nitrogen and oxygen atoms in total. The molecule has 0 aliphatic heterocycles. The number of rotatable bonds is 10. The molecule has 0 aliphatic rings. The lowest BCUT2D eigenvalue weighted by Gasteiger charge is -2.14. The Kier molecular flexibility index (Phi) is 9.81. The molecule has 0 aliphatic carbocycles. The molecule has 0 spiro atoms. The van der Waals surface area contributed by atoms with Crippen LogP contribution in [0.1, 0.15) is 41.4 Å². The molecule has 2 amide bonds. The predicted octanol–water partition coefficient (Wildman–Crippen LogP) is 7.84. The van der Waals surface area contributed by atoms with Gasteiger partial charge < -0.3 is 52.7 Å². The molecule has 56 heavy (non-hydrogen) atoms. The Morgan fingerprint density at radius 1 is 0.446 bits per heavy atom. The van der Waals surface area contributed by atoms with E-state index in [0.717, 1.165) is 12.1 Å². The van der Waals surface area contributed by atoms with Crippen molar-refractivity contribution in [3.63, 3.8) is 0 Å². The summed E-state index contributed by atoms with van der Waals surface area (Å²) in [5, 5.41) is 82.5. The van der Waals surface area contributed by atoms with Gasteiger partial charge in [0.2, 0.25) is 0 Å². The maximum Gasteiger partial charge on any atom is 0.338 e. The molecule has 0 saturated heterocycles. The fraction of sp³-hybridized carbons (Fsp3) is 0. The minimum Gasteiger partial charge on any atom is -0.504 e. The molecule has 6 aromatic carbocycles. The molecule has 6 rings (SSSR count). The second-order valence-corrected chi connectivity index (χ2v) is 11.7. The molecule has 0 radical (unpaired) electrons. The number of carboxylic acid groups (broad SMARTS) is 4. The van der Waals surface area contributed by atoms with Gasteiger partial charge in [-0.15, -0.1) is 20.5 Å². The Bertz CT molecular complexity index is 2560. The first-order chi connectivity index (χ1) is 26.7. The molecular formula is C37H26N8O11. The number of hydrogen-bond donors (Lipinski definition) is 10. The van der Waals surface area contributed by atoms with Gasteiger partial charge >= 0.3 is 29.9 Å². The van der Waals surface area contributed by atoms with Gasteiger partial charge in [-0.2, -0.15) is 0 Å². The number of nitrogens with two attached hydrogens (primary N) is 2. The number of benzene rings is 6. The van der Waals surface area contributed by atoms with Crippen molar-refractivity contribution in [3.05, 3.63) is 107 Å². The van der Waals surface area contributed by atoms with Gasteiger partial charge in [0.25, 0.3) is 0 Å². The Labute approximate surface area is 312 Å². The Morgan fingerprint density at radius 3 is 1.12 bits per heavy atom. The van der Waals surface area contributed by atoms with Gasteiger partial charge in [0.1, 0.15) is 22.7 Å². The number of nitrogens with one attached hydrogen (secondary N) is 2. The molecule has 0 unspecified atom stereocenters. The van der Waals surface area contributed by atoms with Crippen molar-refractivity contribution in [3.8, 4) is 11.5 Å². The molecule has 0 aromatic heterocycles. The Balaban J connectivity index is 1.40. The van der Waals surface area contributed by atoms with E-state index in [-0.39, 0.29) is 44.3 Å². The third-order valence-electron chi connectivity index (χ3n) is 8.36. The first-order valence-corrected chi connectivity index (χ1v) is 15.9. The number of hydrogen-bond acceptors (Lipinski definition) is 13. The van der Waals surface area contributed by atoms with E-state index >= 15 is 0 Å². The summed E-state index contributed by atoms with van der Waals surface area (Å²) >= 11 is 0. The Hall–Kier alpha value is -8.61. The normalized spacial score (nSPS) is 11.3. The zero-order valence-corrected chi connectivity index (χ0v) is 28.3. The van der Waals surface area contributed by atoms with Crippen LogP contribution in [0.2, 0.25) is 0 Å². The second kappa shape index (κ2) is 14.8. The number of carbonyl (C=O) groups excluding carboxylic acids is 1. The van der Waals surface area contributed by atoms with Crippen LogP contribution in [-0.4, -0.2) is 60.5 Å². The van der Waals surface area contributed by atoms with Crippen LogP contribution in [0.4, 0.5) is 50.3 Å². The van der Waals surface area contributed by atoms with E-state index in [2.05, 4.69) is 31.1 Å². The van der Waals surface area contributed by atoms with Crippen molar-refractivity contribution in [1.29, 1.82) is 0 Å². The number of carbonyl (C=O) groups is 5. The summed E-state index contributed by atoms with van der Waals surface area (Å²) in [6.07, 6.45) is 0. The highest BCUT2D eigenvalue weighted by molar-refractivity contribution is 6.15. The van der Waals surface area contributed by atoms with Crippen molar-refractivity contribution < 1.29 is 54.6 Å². The highest BCUT2D eigenvalue weighted by Crippen LogP contribution is 2.46. The first-order valence-electron chi connectivity index (χ1n) is 15.9. The molecule has 12 N–H and O–H groups in total. The number of phenolic OH excluding ortho intramolecular Hbond substituents is 2. The maximum absolute atomic E-state index is 13.4. The smallest absolute Gasteiger partial charge is 0.338 e. The number of urea groups is 1. The topological polar surface area (TPSA) is 332 Å². The quantitative estimate of drug-likeness (QED) is 0.0362. The fourth-order valence-corrected chi connectivity index (χ4v) is 5.83. The number of aromatic hydroxyl groups is 2. The molecule has 0 heterocycles. The number of aromatic carboxylic acids is 4. The van der Waals surface area contributed by atoms with Gasteiger partial charge in [0.05, 0.1) is 45.0 Å². The molecule has 6 aromatic rings. The number of fused-ring (bicyclic) bond motifs is 2. The standard InChI is InChI=1S/C37H26N8O11/c38-25-17-9-3-1-7-15(17)23(35(52)53)29(31(25)46)44-42-27-19(33(48)49)11-5-13-21(27)40-37(56)41-22-14-6-12-20(34(50)51)28(22)43-45-30-24(36(54)55)16-8-2-4-10-18(16)26(39)32(30)47/h1-14,46-47H,38-39H2,(H,48,49)(H,50,51)(H,52,53)(H,54,55)(H2,40,41,56). The van der Waals surface area contributed by atoms with Crippen LogP contribution >= 0.6 is 0 Å². The van der Waals surface area contributed by atoms with Gasteiger partial charge in [0.15, 0.2) is 11.5 Å². The fourth-order valence-electron chi connectivity index (χ4n) is 5.83. The zero-order valence-electron chi connectivity index (χ0n) is 28.3. The summed E-state index contributed by atoms with van der Waals surface area (Å²) in [5.41, 5.74) is 6.87. The van der Waals surface area contributed by atoms with Gasteiger partial charge in [-0.05, 0) is 24.3 Å². The summed E-state index contributed by atoms with van der Waals surface area (Å²) in [6.45, 7) is 0. The molecule has 0 atom stereocenters. The van der Waals surface area contributed by atoms with E-state index in [0.29, 0.717) is 0 Å². The third-order valence-corrected chi connectivity index (χ3v) is 8.36. The second-order valence-electron chi connectivity index (χ2n) is 11.7. The van der Waals surface area contributed by atoms with Crippen LogP contribution in [0.3, 0.4) is 0 Å². The van der Waals surface area contributed by atoms with Gasteiger partial charge in [0, 0.05) is 21.5 Å². The van der Waals surface area contributed by atoms with Gasteiger partial charge in [-0.3, -0.25) is 0 Å². The monoisotopic (exact) mass is 758 g/mol. The van der Waals surface area contributed by atoms with E-state index in [9.17, 15) is 54.6 Å². The summed E-state index contributed by atoms with van der Waals surface area (Å²) < 4.78 is 0. The molecule has 280 valence electrons.